The number of carbonyl (C=O) groups is 1. The van der Waals surface area contributed by atoms with Crippen LogP contribution in [0.2, 0.25) is 15.1 Å². The van der Waals surface area contributed by atoms with E-state index in [2.05, 4.69) is 21.2 Å². The van der Waals surface area contributed by atoms with Crippen molar-refractivity contribution >= 4 is 74.2 Å². The summed E-state index contributed by atoms with van der Waals surface area (Å²) in [6, 6.07) is 16.1. The van der Waals surface area contributed by atoms with Gasteiger partial charge in [0.05, 0.1) is 11.6 Å². The van der Waals surface area contributed by atoms with Crippen molar-refractivity contribution in [3.05, 3.63) is 102 Å². The molecule has 1 unspecified atom stereocenters. The van der Waals surface area contributed by atoms with E-state index in [0.29, 0.717) is 59.2 Å². The standard InChI is InChI=1S/C29H24BrCl3N4O3S/c1-15-25(16(2)38)26(37-28(34-15)35-29(36-37)41-14-18-6-4-5-7-22(18)32)19-10-21(30)27(24(11-19)39-3)40-13-17-8-9-20(31)12-23(17)33/h4-12,26H,13-14H2,1-3H3,(H,34,35,36). The molecule has 2 heterocycles. The Morgan fingerprint density at radius 3 is 2.59 bits per heavy atom. The summed E-state index contributed by atoms with van der Waals surface area (Å²) in [7, 11) is 1.56. The van der Waals surface area contributed by atoms with E-state index in [4.69, 9.17) is 54.4 Å². The van der Waals surface area contributed by atoms with Gasteiger partial charge in [0.15, 0.2) is 17.3 Å². The smallest absolute Gasteiger partial charge is 0.227 e. The molecule has 0 spiro atoms. The third-order valence-corrected chi connectivity index (χ3v) is 8.91. The Hall–Kier alpha value is -2.69. The number of carbonyl (C=O) groups excluding carboxylic acids is 1. The molecule has 0 aliphatic carbocycles. The fourth-order valence-corrected chi connectivity index (χ4v) is 6.69. The first-order valence-electron chi connectivity index (χ1n) is 12.4. The monoisotopic (exact) mass is 692 g/mol. The molecule has 0 bridgehead atoms. The van der Waals surface area contributed by atoms with Crippen LogP contribution in [0.3, 0.4) is 0 Å². The number of rotatable bonds is 9. The molecule has 1 atom stereocenters. The molecule has 0 radical (unpaired) electrons. The summed E-state index contributed by atoms with van der Waals surface area (Å²) in [5.74, 6) is 2.03. The first-order chi connectivity index (χ1) is 19.7. The van der Waals surface area contributed by atoms with E-state index in [9.17, 15) is 4.79 Å². The minimum atomic E-state index is -0.545. The van der Waals surface area contributed by atoms with Gasteiger partial charge in [-0.05, 0) is 71.2 Å². The number of hydrogen-bond acceptors (Lipinski definition) is 7. The summed E-state index contributed by atoms with van der Waals surface area (Å²) in [5.41, 5.74) is 3.81. The van der Waals surface area contributed by atoms with Gasteiger partial charge in [-0.15, -0.1) is 5.10 Å². The molecule has 1 N–H and O–H groups in total. The van der Waals surface area contributed by atoms with Crippen molar-refractivity contribution in [2.24, 2.45) is 0 Å². The second-order valence-electron chi connectivity index (χ2n) is 9.22. The lowest BCUT2D eigenvalue weighted by Gasteiger charge is -2.28. The van der Waals surface area contributed by atoms with Crippen LogP contribution >= 0.6 is 62.5 Å². The molecular formula is C29H24BrCl3N4O3S. The second kappa shape index (κ2) is 12.7. The fourth-order valence-electron chi connectivity index (χ4n) is 4.54. The van der Waals surface area contributed by atoms with E-state index in [1.807, 2.05) is 49.4 Å². The molecule has 41 heavy (non-hydrogen) atoms. The maximum Gasteiger partial charge on any atom is 0.227 e. The van der Waals surface area contributed by atoms with Crippen molar-refractivity contribution in [2.45, 2.75) is 37.4 Å². The van der Waals surface area contributed by atoms with Crippen molar-refractivity contribution in [3.8, 4) is 11.5 Å². The summed E-state index contributed by atoms with van der Waals surface area (Å²) in [6.45, 7) is 3.61. The molecule has 4 aromatic rings. The van der Waals surface area contributed by atoms with E-state index in [1.165, 1.54) is 11.8 Å². The maximum atomic E-state index is 12.9. The Balaban J connectivity index is 1.49. The van der Waals surface area contributed by atoms with Crippen molar-refractivity contribution < 1.29 is 14.3 Å². The first kappa shape index (κ1) is 29.8. The van der Waals surface area contributed by atoms with Gasteiger partial charge in [-0.2, -0.15) is 4.98 Å². The molecule has 3 aromatic carbocycles. The van der Waals surface area contributed by atoms with Crippen molar-refractivity contribution in [1.29, 1.82) is 0 Å². The predicted octanol–water partition coefficient (Wildman–Crippen LogP) is 8.76. The Bertz CT molecular complexity index is 1680. The Labute approximate surface area is 265 Å². The van der Waals surface area contributed by atoms with Gasteiger partial charge in [0, 0.05) is 37.7 Å². The van der Waals surface area contributed by atoms with E-state index >= 15 is 0 Å². The van der Waals surface area contributed by atoms with Gasteiger partial charge < -0.3 is 14.8 Å². The Kier molecular flexibility index (Phi) is 9.21. The number of halogens is 4. The molecular weight excluding hydrogens is 671 g/mol. The van der Waals surface area contributed by atoms with Crippen LogP contribution in [0.4, 0.5) is 5.95 Å². The zero-order chi connectivity index (χ0) is 29.3. The molecule has 1 aliphatic heterocycles. The Morgan fingerprint density at radius 1 is 1.10 bits per heavy atom. The zero-order valence-electron chi connectivity index (χ0n) is 22.2. The number of ketones is 1. The molecule has 0 fully saturated rings. The van der Waals surface area contributed by atoms with E-state index in [1.54, 1.807) is 30.8 Å². The summed E-state index contributed by atoms with van der Waals surface area (Å²) in [6.07, 6.45) is 0. The molecule has 7 nitrogen and oxygen atoms in total. The number of thioether (sulfide) groups is 1. The van der Waals surface area contributed by atoms with E-state index < -0.39 is 6.04 Å². The molecule has 0 saturated heterocycles. The van der Waals surface area contributed by atoms with Crippen molar-refractivity contribution in [3.63, 3.8) is 0 Å². The quantitative estimate of drug-likeness (QED) is 0.176. The maximum absolute atomic E-state index is 12.9. The van der Waals surface area contributed by atoms with Gasteiger partial charge in [-0.25, -0.2) is 4.68 Å². The Morgan fingerprint density at radius 2 is 1.88 bits per heavy atom. The lowest BCUT2D eigenvalue weighted by Crippen LogP contribution is -2.28. The largest absolute Gasteiger partial charge is 0.493 e. The van der Waals surface area contributed by atoms with Crippen molar-refractivity contribution in [2.75, 3.05) is 12.4 Å². The minimum absolute atomic E-state index is 0.0841. The molecule has 1 aromatic heterocycles. The summed E-state index contributed by atoms with van der Waals surface area (Å²) in [5, 5.41) is 10.3. The number of nitrogens with zero attached hydrogens (tertiary/aromatic N) is 3. The molecule has 0 amide bonds. The van der Waals surface area contributed by atoms with Crippen LogP contribution in [0.15, 0.2) is 75.5 Å². The van der Waals surface area contributed by atoms with Crippen LogP contribution in [0.5, 0.6) is 11.5 Å². The average Bonchev–Trinajstić information content (AvgIpc) is 3.33. The highest BCUT2D eigenvalue weighted by molar-refractivity contribution is 9.10. The van der Waals surface area contributed by atoms with Gasteiger partial charge in [0.2, 0.25) is 11.1 Å². The highest BCUT2D eigenvalue weighted by atomic mass is 79.9. The minimum Gasteiger partial charge on any atom is -0.493 e. The molecule has 1 aliphatic rings. The highest BCUT2D eigenvalue weighted by Gasteiger charge is 2.34. The van der Waals surface area contributed by atoms with Crippen molar-refractivity contribution in [1.82, 2.24) is 14.8 Å². The zero-order valence-corrected chi connectivity index (χ0v) is 26.8. The summed E-state index contributed by atoms with van der Waals surface area (Å²) < 4.78 is 14.2. The van der Waals surface area contributed by atoms with Gasteiger partial charge >= 0.3 is 0 Å². The van der Waals surface area contributed by atoms with E-state index in [0.717, 1.165) is 16.7 Å². The topological polar surface area (TPSA) is 78.3 Å². The number of allylic oxidation sites excluding steroid dienone is 2. The highest BCUT2D eigenvalue weighted by Crippen LogP contribution is 2.43. The predicted molar refractivity (Wildman–Crippen MR) is 168 cm³/mol. The summed E-state index contributed by atoms with van der Waals surface area (Å²) >= 11 is 23.8. The molecule has 12 heteroatoms. The van der Waals surface area contributed by atoms with Crippen LogP contribution < -0.4 is 14.8 Å². The van der Waals surface area contributed by atoms with Crippen LogP contribution in [0.1, 0.15) is 36.6 Å². The number of ether oxygens (including phenoxy) is 2. The lowest BCUT2D eigenvalue weighted by molar-refractivity contribution is -0.114. The lowest BCUT2D eigenvalue weighted by atomic mass is 9.93. The first-order valence-corrected chi connectivity index (χ1v) is 15.3. The van der Waals surface area contributed by atoms with Crippen LogP contribution in [0.25, 0.3) is 0 Å². The van der Waals surface area contributed by atoms with Gasteiger partial charge in [0.1, 0.15) is 12.6 Å². The number of Topliss-reactive ketones (excluding diaryl/α,β-unsaturated/α-hetero) is 1. The van der Waals surface area contributed by atoms with Gasteiger partial charge in [0.25, 0.3) is 0 Å². The normalized spacial score (nSPS) is 14.5. The average molecular weight is 695 g/mol. The van der Waals surface area contributed by atoms with Gasteiger partial charge in [-0.3, -0.25) is 4.79 Å². The number of benzene rings is 3. The SMILES string of the molecule is COc1cc(C2C(C(C)=O)=C(C)Nc3nc(SCc4ccccc4Cl)nn32)cc(Br)c1OCc1ccc(Cl)cc1Cl. The van der Waals surface area contributed by atoms with Crippen LogP contribution in [0, 0.1) is 0 Å². The fraction of sp³-hybridized carbons (Fsp3) is 0.207. The number of nitrogens with one attached hydrogen (secondary N) is 1. The van der Waals surface area contributed by atoms with E-state index in [-0.39, 0.29) is 12.4 Å². The number of hydrogen-bond donors (Lipinski definition) is 1. The number of aromatic nitrogens is 3. The molecule has 5 rings (SSSR count). The van der Waals surface area contributed by atoms with Gasteiger partial charge in [-0.1, -0.05) is 70.8 Å². The second-order valence-corrected chi connectivity index (χ2v) is 12.3. The third-order valence-electron chi connectivity index (χ3n) is 6.48. The number of anilines is 1. The summed E-state index contributed by atoms with van der Waals surface area (Å²) in [4.78, 5) is 17.6. The van der Waals surface area contributed by atoms with Crippen LogP contribution in [-0.4, -0.2) is 27.7 Å². The third kappa shape index (κ3) is 6.39. The molecule has 0 saturated carbocycles. The number of fused-ring (bicyclic) bond motifs is 1. The van der Waals surface area contributed by atoms with Crippen LogP contribution in [-0.2, 0) is 17.2 Å². The molecule has 212 valence electrons. The number of methoxy groups -OCH3 is 1.